The summed E-state index contributed by atoms with van der Waals surface area (Å²) in [6.07, 6.45) is 0.317. The van der Waals surface area contributed by atoms with E-state index < -0.39 is 35.9 Å². The molecular weight excluding hydrogens is 298 g/mol. The first-order valence-electron chi connectivity index (χ1n) is 6.45. The lowest BCUT2D eigenvalue weighted by Crippen LogP contribution is -2.34. The molecule has 0 aromatic heterocycles. The molecule has 10 heteroatoms. The molecule has 0 aromatic carbocycles. The highest BCUT2D eigenvalue weighted by molar-refractivity contribution is 5.77. The van der Waals surface area contributed by atoms with E-state index in [4.69, 9.17) is 21.1 Å². The van der Waals surface area contributed by atoms with Crippen molar-refractivity contribution in [3.63, 3.8) is 0 Å². The van der Waals surface area contributed by atoms with Gasteiger partial charge in [-0.25, -0.2) is 0 Å². The van der Waals surface area contributed by atoms with Crippen LogP contribution < -0.4 is 16.4 Å². The van der Waals surface area contributed by atoms with Crippen molar-refractivity contribution in [3.8, 4) is 0 Å². The second-order valence-corrected chi connectivity index (χ2v) is 4.30. The van der Waals surface area contributed by atoms with Crippen LogP contribution in [0.2, 0.25) is 0 Å². The first kappa shape index (κ1) is 22.1. The quantitative estimate of drug-likeness (QED) is 0.277. The Morgan fingerprint density at radius 1 is 0.864 bits per heavy atom. The maximum atomic E-state index is 10.3. The number of aliphatic carboxylic acids is 3. The van der Waals surface area contributed by atoms with Gasteiger partial charge >= 0.3 is 17.9 Å². The third-order valence-corrected chi connectivity index (χ3v) is 2.62. The normalized spacial score (nSPS) is 12.5. The predicted octanol–water partition coefficient (Wildman–Crippen LogP) is -1.55. The van der Waals surface area contributed by atoms with E-state index in [1.54, 1.807) is 0 Å². The molecule has 1 amide bonds. The Bertz CT molecular complexity index is 351. The number of carboxylic acids is 3. The van der Waals surface area contributed by atoms with Crippen LogP contribution in [0.15, 0.2) is 0 Å². The standard InChI is InChI=1S/C6H12N2O3.C6H11NO4/c1-8-4(6(10)11)2-3-5(7)9;1-7-4(6(10)11)2-3-5(8)9/h4,8H,2-3H2,1H3,(H2,7,9)(H,10,11);4,7H,2-3H2,1H3,(H,8,9)(H,10,11)/t2*4-/m00/s1. The fourth-order valence-electron chi connectivity index (χ4n) is 1.34. The highest BCUT2D eigenvalue weighted by atomic mass is 16.4. The Morgan fingerprint density at radius 3 is 1.45 bits per heavy atom. The largest absolute Gasteiger partial charge is 0.481 e. The molecule has 0 aliphatic rings. The minimum Gasteiger partial charge on any atom is -0.481 e. The molecule has 0 fully saturated rings. The predicted molar refractivity (Wildman–Crippen MR) is 76.3 cm³/mol. The fourth-order valence-corrected chi connectivity index (χ4v) is 1.34. The first-order chi connectivity index (χ1) is 10.1. The van der Waals surface area contributed by atoms with E-state index in [2.05, 4.69) is 10.6 Å². The van der Waals surface area contributed by atoms with Gasteiger partial charge in [-0.3, -0.25) is 19.2 Å². The average Bonchev–Trinajstić information content (AvgIpc) is 2.39. The number of hydrogen-bond donors (Lipinski definition) is 6. The summed E-state index contributed by atoms with van der Waals surface area (Å²) in [5.74, 6) is -3.44. The van der Waals surface area contributed by atoms with Crippen molar-refractivity contribution < 1.29 is 34.5 Å². The van der Waals surface area contributed by atoms with Gasteiger partial charge in [0.2, 0.25) is 5.91 Å². The van der Waals surface area contributed by atoms with Crippen molar-refractivity contribution >= 4 is 23.8 Å². The van der Waals surface area contributed by atoms with Crippen LogP contribution in [0.5, 0.6) is 0 Å². The van der Waals surface area contributed by atoms with Gasteiger partial charge in [0.1, 0.15) is 12.1 Å². The second-order valence-electron chi connectivity index (χ2n) is 4.30. The Labute approximate surface area is 127 Å². The third kappa shape index (κ3) is 12.8. The number of carboxylic acid groups (broad SMARTS) is 3. The lowest BCUT2D eigenvalue weighted by Gasteiger charge is -2.08. The zero-order chi connectivity index (χ0) is 17.7. The van der Waals surface area contributed by atoms with E-state index in [0.717, 1.165) is 0 Å². The van der Waals surface area contributed by atoms with Crippen molar-refractivity contribution in [3.05, 3.63) is 0 Å². The molecule has 22 heavy (non-hydrogen) atoms. The van der Waals surface area contributed by atoms with E-state index in [1.807, 2.05) is 0 Å². The van der Waals surface area contributed by atoms with Crippen molar-refractivity contribution in [1.82, 2.24) is 10.6 Å². The van der Waals surface area contributed by atoms with Crippen molar-refractivity contribution in [2.75, 3.05) is 14.1 Å². The molecule has 10 nitrogen and oxygen atoms in total. The van der Waals surface area contributed by atoms with Gasteiger partial charge in [0.25, 0.3) is 0 Å². The van der Waals surface area contributed by atoms with Crippen molar-refractivity contribution in [1.29, 1.82) is 0 Å². The van der Waals surface area contributed by atoms with Gasteiger partial charge < -0.3 is 31.7 Å². The van der Waals surface area contributed by atoms with Crippen LogP contribution >= 0.6 is 0 Å². The number of carbonyl (C=O) groups excluding carboxylic acids is 1. The zero-order valence-corrected chi connectivity index (χ0v) is 12.5. The maximum absolute atomic E-state index is 10.3. The van der Waals surface area contributed by atoms with Crippen molar-refractivity contribution in [2.45, 2.75) is 37.8 Å². The number of carbonyl (C=O) groups is 4. The van der Waals surface area contributed by atoms with Crippen LogP contribution in [0.3, 0.4) is 0 Å². The highest BCUT2D eigenvalue weighted by Crippen LogP contribution is 1.96. The Morgan fingerprint density at radius 2 is 1.23 bits per heavy atom. The topological polar surface area (TPSA) is 179 Å². The molecular formula is C12H23N3O7. The molecule has 0 heterocycles. The summed E-state index contributed by atoms with van der Waals surface area (Å²) in [5.41, 5.74) is 4.84. The lowest BCUT2D eigenvalue weighted by atomic mass is 10.1. The fraction of sp³-hybridized carbons (Fsp3) is 0.667. The lowest BCUT2D eigenvalue weighted by molar-refractivity contribution is -0.141. The first-order valence-corrected chi connectivity index (χ1v) is 6.45. The molecule has 0 radical (unpaired) electrons. The number of primary amides is 1. The number of nitrogens with one attached hydrogen (secondary N) is 2. The second kappa shape index (κ2) is 12.5. The molecule has 0 aliphatic carbocycles. The maximum Gasteiger partial charge on any atom is 0.320 e. The van der Waals surface area contributed by atoms with Gasteiger partial charge in [0.15, 0.2) is 0 Å². The Kier molecular flexibility index (Phi) is 12.6. The summed E-state index contributed by atoms with van der Waals surface area (Å²) < 4.78 is 0. The van der Waals surface area contributed by atoms with Gasteiger partial charge in [-0.1, -0.05) is 0 Å². The summed E-state index contributed by atoms with van der Waals surface area (Å²) >= 11 is 0. The van der Waals surface area contributed by atoms with Gasteiger partial charge in [-0.05, 0) is 26.9 Å². The van der Waals surface area contributed by atoms with Crippen LogP contribution in [-0.4, -0.2) is 65.3 Å². The van der Waals surface area contributed by atoms with Crippen LogP contribution in [0.1, 0.15) is 25.7 Å². The zero-order valence-electron chi connectivity index (χ0n) is 12.5. The molecule has 2 atom stereocenters. The molecule has 7 N–H and O–H groups in total. The Hall–Kier alpha value is -2.20. The number of rotatable bonds is 10. The molecule has 0 saturated heterocycles. The van der Waals surface area contributed by atoms with E-state index in [9.17, 15) is 19.2 Å². The van der Waals surface area contributed by atoms with Crippen LogP contribution in [0.25, 0.3) is 0 Å². The molecule has 0 aromatic rings. The summed E-state index contributed by atoms with van der Waals surface area (Å²) in [6.45, 7) is 0. The smallest absolute Gasteiger partial charge is 0.320 e. The highest BCUT2D eigenvalue weighted by Gasteiger charge is 2.15. The van der Waals surface area contributed by atoms with E-state index in [-0.39, 0.29) is 25.7 Å². The van der Waals surface area contributed by atoms with Gasteiger partial charge in [-0.2, -0.15) is 0 Å². The molecule has 0 spiro atoms. The summed E-state index contributed by atoms with van der Waals surface area (Å²) in [4.78, 5) is 40.9. The van der Waals surface area contributed by atoms with Crippen molar-refractivity contribution in [2.24, 2.45) is 5.73 Å². The summed E-state index contributed by atoms with van der Waals surface area (Å²) in [6, 6.07) is -1.44. The Balaban J connectivity index is 0. The van der Waals surface area contributed by atoms with Crippen LogP contribution in [0, 0.1) is 0 Å². The minimum absolute atomic E-state index is 0.0950. The van der Waals surface area contributed by atoms with E-state index in [1.165, 1.54) is 14.1 Å². The van der Waals surface area contributed by atoms with Crippen LogP contribution in [-0.2, 0) is 19.2 Å². The minimum atomic E-state index is -1.02. The average molecular weight is 321 g/mol. The van der Waals surface area contributed by atoms with Crippen LogP contribution in [0.4, 0.5) is 0 Å². The van der Waals surface area contributed by atoms with E-state index >= 15 is 0 Å². The summed E-state index contributed by atoms with van der Waals surface area (Å²) in [5, 5.41) is 30.2. The van der Waals surface area contributed by atoms with Gasteiger partial charge in [-0.15, -0.1) is 0 Å². The molecule has 128 valence electrons. The molecule has 0 aliphatic heterocycles. The van der Waals surface area contributed by atoms with Gasteiger partial charge in [0.05, 0.1) is 0 Å². The monoisotopic (exact) mass is 321 g/mol. The SMILES string of the molecule is CN[C@@H](CCC(=O)O)C(=O)O.CN[C@@H](CCC(N)=O)C(=O)O. The van der Waals surface area contributed by atoms with E-state index in [0.29, 0.717) is 0 Å². The molecule has 0 bridgehead atoms. The van der Waals surface area contributed by atoms with Gasteiger partial charge in [0, 0.05) is 12.8 Å². The molecule has 0 unspecified atom stereocenters. The number of hydrogen-bond acceptors (Lipinski definition) is 6. The molecule has 0 saturated carbocycles. The third-order valence-electron chi connectivity index (χ3n) is 2.62. The summed E-state index contributed by atoms with van der Waals surface area (Å²) in [7, 11) is 3.01. The molecule has 0 rings (SSSR count). The number of likely N-dealkylation sites (N-methyl/N-ethyl adjacent to an activating group) is 2. The number of nitrogens with two attached hydrogens (primary N) is 1. The number of amides is 1.